The van der Waals surface area contributed by atoms with Gasteiger partial charge in [-0.2, -0.15) is 0 Å². The fourth-order valence-corrected chi connectivity index (χ4v) is 2.91. The van der Waals surface area contributed by atoms with Gasteiger partial charge in [-0.25, -0.2) is 5.43 Å². The molecule has 20 heavy (non-hydrogen) atoms. The fraction of sp³-hybridized carbons (Fsp3) is 0.286. The van der Waals surface area contributed by atoms with Gasteiger partial charge in [0.05, 0.1) is 27.4 Å². The topological polar surface area (TPSA) is 65.7 Å². The fourth-order valence-electron chi connectivity index (χ4n) is 1.97. The highest BCUT2D eigenvalue weighted by Gasteiger charge is 2.17. The summed E-state index contributed by atoms with van der Waals surface area (Å²) in [6.07, 6.45) is 0. The summed E-state index contributed by atoms with van der Waals surface area (Å²) >= 11 is 1.59. The van der Waals surface area contributed by atoms with E-state index >= 15 is 0 Å². The lowest BCUT2D eigenvalue weighted by Crippen LogP contribution is -2.28. The third kappa shape index (κ3) is 2.87. The van der Waals surface area contributed by atoms with Crippen LogP contribution in [-0.4, -0.2) is 21.3 Å². The molecule has 6 heteroatoms. The summed E-state index contributed by atoms with van der Waals surface area (Å²) in [7, 11) is 4.87. The summed E-state index contributed by atoms with van der Waals surface area (Å²) in [5.41, 5.74) is 3.81. The van der Waals surface area contributed by atoms with Gasteiger partial charge >= 0.3 is 0 Å². The zero-order valence-corrected chi connectivity index (χ0v) is 12.5. The normalized spacial score (nSPS) is 12.0. The van der Waals surface area contributed by atoms with Crippen LogP contribution >= 0.6 is 11.3 Å². The molecule has 108 valence electrons. The molecule has 1 heterocycles. The second-order valence-electron chi connectivity index (χ2n) is 4.10. The Balaban J connectivity index is 2.36. The van der Waals surface area contributed by atoms with Gasteiger partial charge in [0, 0.05) is 10.3 Å². The zero-order valence-electron chi connectivity index (χ0n) is 11.7. The minimum atomic E-state index is -0.122. The molecular formula is C14H18N2O3S. The van der Waals surface area contributed by atoms with Gasteiger partial charge in [0.25, 0.3) is 0 Å². The van der Waals surface area contributed by atoms with Gasteiger partial charge in [0.15, 0.2) is 11.5 Å². The molecule has 1 unspecified atom stereocenters. The van der Waals surface area contributed by atoms with Crippen molar-refractivity contribution in [3.63, 3.8) is 0 Å². The number of nitrogens with two attached hydrogens (primary N) is 1. The average molecular weight is 294 g/mol. The van der Waals surface area contributed by atoms with E-state index in [9.17, 15) is 0 Å². The quantitative estimate of drug-likeness (QED) is 0.632. The molecule has 0 radical (unpaired) electrons. The Hall–Kier alpha value is -1.76. The van der Waals surface area contributed by atoms with Crippen LogP contribution in [0.1, 0.15) is 16.5 Å². The second kappa shape index (κ2) is 6.60. The molecule has 5 nitrogen and oxygen atoms in total. The van der Waals surface area contributed by atoms with Crippen LogP contribution in [0, 0.1) is 0 Å². The van der Waals surface area contributed by atoms with E-state index < -0.39 is 0 Å². The molecule has 0 spiro atoms. The lowest BCUT2D eigenvalue weighted by atomic mass is 10.1. The largest absolute Gasteiger partial charge is 0.496 e. The predicted molar refractivity (Wildman–Crippen MR) is 79.6 cm³/mol. The van der Waals surface area contributed by atoms with Crippen LogP contribution in [0.15, 0.2) is 29.6 Å². The molecular weight excluding hydrogens is 276 g/mol. The van der Waals surface area contributed by atoms with Crippen molar-refractivity contribution >= 4 is 11.3 Å². The predicted octanol–water partition coefficient (Wildman–Crippen LogP) is 2.33. The minimum Gasteiger partial charge on any atom is -0.496 e. The molecule has 0 saturated carbocycles. The summed E-state index contributed by atoms with van der Waals surface area (Å²) in [6, 6.07) is 7.58. The molecule has 0 amide bonds. The molecule has 2 aromatic rings. The van der Waals surface area contributed by atoms with Crippen molar-refractivity contribution in [2.45, 2.75) is 6.04 Å². The Morgan fingerprint density at radius 1 is 1.05 bits per heavy atom. The van der Waals surface area contributed by atoms with E-state index in [0.29, 0.717) is 11.5 Å². The van der Waals surface area contributed by atoms with Gasteiger partial charge in [-0.05, 0) is 23.8 Å². The third-order valence-electron chi connectivity index (χ3n) is 3.02. The third-order valence-corrected chi connectivity index (χ3v) is 4.00. The molecule has 0 aliphatic rings. The van der Waals surface area contributed by atoms with Crippen LogP contribution in [0.4, 0.5) is 0 Å². The second-order valence-corrected chi connectivity index (χ2v) is 5.05. The first-order valence-electron chi connectivity index (χ1n) is 6.04. The number of hydrogen-bond donors (Lipinski definition) is 2. The summed E-state index contributed by atoms with van der Waals surface area (Å²) in [5.74, 6) is 7.88. The van der Waals surface area contributed by atoms with Gasteiger partial charge in [0.2, 0.25) is 0 Å². The Morgan fingerprint density at radius 3 is 2.35 bits per heavy atom. The lowest BCUT2D eigenvalue weighted by Gasteiger charge is -2.16. The molecule has 0 bridgehead atoms. The Morgan fingerprint density at radius 2 is 1.80 bits per heavy atom. The minimum absolute atomic E-state index is 0.122. The molecule has 2 rings (SSSR count). The number of ether oxygens (including phenoxy) is 3. The van der Waals surface area contributed by atoms with Gasteiger partial charge in [-0.15, -0.1) is 11.3 Å². The van der Waals surface area contributed by atoms with Crippen LogP contribution in [0.2, 0.25) is 0 Å². The van der Waals surface area contributed by atoms with Crippen molar-refractivity contribution in [3.8, 4) is 17.2 Å². The number of thiophene rings is 1. The molecule has 0 aliphatic heterocycles. The van der Waals surface area contributed by atoms with E-state index in [0.717, 1.165) is 16.2 Å². The maximum Gasteiger partial charge on any atom is 0.161 e. The zero-order chi connectivity index (χ0) is 14.5. The highest BCUT2D eigenvalue weighted by molar-refractivity contribution is 7.10. The summed E-state index contributed by atoms with van der Waals surface area (Å²) < 4.78 is 15.8. The molecule has 1 atom stereocenters. The maximum atomic E-state index is 5.69. The van der Waals surface area contributed by atoms with Crippen molar-refractivity contribution in [2.75, 3.05) is 21.3 Å². The maximum absolute atomic E-state index is 5.69. The number of methoxy groups -OCH3 is 3. The van der Waals surface area contributed by atoms with Crippen molar-refractivity contribution < 1.29 is 14.2 Å². The highest BCUT2D eigenvalue weighted by Crippen LogP contribution is 2.35. The van der Waals surface area contributed by atoms with Gasteiger partial charge in [-0.1, -0.05) is 6.07 Å². The van der Waals surface area contributed by atoms with Crippen LogP contribution < -0.4 is 25.5 Å². The first-order chi connectivity index (χ1) is 9.73. The number of nitrogens with one attached hydrogen (secondary N) is 1. The molecule has 0 saturated heterocycles. The Bertz CT molecular complexity index is 571. The smallest absolute Gasteiger partial charge is 0.161 e. The van der Waals surface area contributed by atoms with Crippen molar-refractivity contribution in [3.05, 3.63) is 40.1 Å². The van der Waals surface area contributed by atoms with Crippen molar-refractivity contribution in [1.82, 2.24) is 5.43 Å². The number of rotatable bonds is 6. The van der Waals surface area contributed by atoms with E-state index in [1.54, 1.807) is 32.7 Å². The first kappa shape index (κ1) is 14.6. The van der Waals surface area contributed by atoms with E-state index in [-0.39, 0.29) is 6.04 Å². The summed E-state index contributed by atoms with van der Waals surface area (Å²) in [4.78, 5) is 1.07. The molecule has 3 N–H and O–H groups in total. The summed E-state index contributed by atoms with van der Waals surface area (Å²) in [5, 5.41) is 1.94. The van der Waals surface area contributed by atoms with E-state index in [1.165, 1.54) is 0 Å². The molecule has 0 fully saturated rings. The first-order valence-corrected chi connectivity index (χ1v) is 6.92. The molecule has 0 aliphatic carbocycles. The van der Waals surface area contributed by atoms with Crippen LogP contribution in [-0.2, 0) is 0 Å². The standard InChI is InChI=1S/C14H18N2O3S/c1-17-10-7-13(20-8-10)14(16-15)9-4-5-11(18-2)12(6-9)19-3/h4-8,14,16H,15H2,1-3H3. The van der Waals surface area contributed by atoms with Gasteiger partial charge in [0.1, 0.15) is 5.75 Å². The number of hydrazine groups is 1. The van der Waals surface area contributed by atoms with Gasteiger partial charge < -0.3 is 14.2 Å². The lowest BCUT2D eigenvalue weighted by molar-refractivity contribution is 0.354. The van der Waals surface area contributed by atoms with Crippen LogP contribution in [0.25, 0.3) is 0 Å². The van der Waals surface area contributed by atoms with Crippen LogP contribution in [0.3, 0.4) is 0 Å². The van der Waals surface area contributed by atoms with Gasteiger partial charge in [-0.3, -0.25) is 5.84 Å². The molecule has 1 aromatic carbocycles. The van der Waals surface area contributed by atoms with E-state index in [4.69, 9.17) is 20.1 Å². The SMILES string of the molecule is COc1csc(C(NN)c2ccc(OC)c(OC)c2)c1. The Kier molecular flexibility index (Phi) is 4.84. The highest BCUT2D eigenvalue weighted by atomic mass is 32.1. The monoisotopic (exact) mass is 294 g/mol. The van der Waals surface area contributed by atoms with E-state index in [1.807, 2.05) is 29.6 Å². The van der Waals surface area contributed by atoms with Crippen LogP contribution in [0.5, 0.6) is 17.2 Å². The molecule has 1 aromatic heterocycles. The van der Waals surface area contributed by atoms with Crippen molar-refractivity contribution in [1.29, 1.82) is 0 Å². The van der Waals surface area contributed by atoms with Crippen molar-refractivity contribution in [2.24, 2.45) is 5.84 Å². The number of benzene rings is 1. The Labute approximate surface area is 122 Å². The summed E-state index contributed by atoms with van der Waals surface area (Å²) in [6.45, 7) is 0. The average Bonchev–Trinajstić information content (AvgIpc) is 2.96. The van der Waals surface area contributed by atoms with E-state index in [2.05, 4.69) is 5.43 Å². The number of hydrogen-bond acceptors (Lipinski definition) is 6.